The predicted molar refractivity (Wildman–Crippen MR) is 158 cm³/mol. The second kappa shape index (κ2) is 12.2. The van der Waals surface area contributed by atoms with Crippen LogP contribution in [0.2, 0.25) is 5.02 Å². The molecule has 0 saturated carbocycles. The van der Waals surface area contributed by atoms with Crippen molar-refractivity contribution < 1.29 is 14.4 Å². The number of fused-ring (bicyclic) bond motifs is 1. The van der Waals surface area contributed by atoms with E-state index < -0.39 is 0 Å². The molecule has 0 radical (unpaired) electrons. The monoisotopic (exact) mass is 579 g/mol. The minimum Gasteiger partial charge on any atom is -0.336 e. The van der Waals surface area contributed by atoms with Gasteiger partial charge in [-0.25, -0.2) is 4.98 Å². The Labute approximate surface area is 239 Å². The second-order valence-corrected chi connectivity index (χ2v) is 11.8. The number of carbonyl (C=O) groups excluding carboxylic acids is 3. The fourth-order valence-electron chi connectivity index (χ4n) is 4.15. The highest BCUT2D eigenvalue weighted by molar-refractivity contribution is 8.01. The van der Waals surface area contributed by atoms with Gasteiger partial charge in [-0.15, -0.1) is 11.3 Å². The van der Waals surface area contributed by atoms with Crippen molar-refractivity contribution in [3.05, 3.63) is 82.9 Å². The summed E-state index contributed by atoms with van der Waals surface area (Å²) in [5.41, 5.74) is 2.81. The zero-order valence-corrected chi connectivity index (χ0v) is 23.5. The lowest BCUT2D eigenvalue weighted by molar-refractivity contribution is -0.113. The molecule has 1 aliphatic rings. The van der Waals surface area contributed by atoms with Gasteiger partial charge < -0.3 is 20.4 Å². The highest BCUT2D eigenvalue weighted by atomic mass is 35.5. The highest BCUT2D eigenvalue weighted by Gasteiger charge is 2.24. The van der Waals surface area contributed by atoms with Gasteiger partial charge in [0.25, 0.3) is 11.8 Å². The lowest BCUT2D eigenvalue weighted by atomic mass is 10.0. The minimum absolute atomic E-state index is 0.131. The Kier molecular flexibility index (Phi) is 8.47. The summed E-state index contributed by atoms with van der Waals surface area (Å²) in [6.45, 7) is 2.89. The van der Waals surface area contributed by atoms with Crippen molar-refractivity contribution in [2.45, 2.75) is 4.34 Å². The van der Waals surface area contributed by atoms with Crippen molar-refractivity contribution in [1.29, 1.82) is 0 Å². The van der Waals surface area contributed by atoms with Crippen LogP contribution >= 0.6 is 34.7 Å². The van der Waals surface area contributed by atoms with Crippen LogP contribution in [-0.4, -0.2) is 71.5 Å². The average molecular weight is 580 g/mol. The minimum atomic E-state index is -0.342. The van der Waals surface area contributed by atoms with E-state index in [1.54, 1.807) is 59.5 Å². The molecule has 0 atom stereocenters. The zero-order chi connectivity index (χ0) is 27.4. The van der Waals surface area contributed by atoms with Gasteiger partial charge in [0, 0.05) is 42.6 Å². The van der Waals surface area contributed by atoms with Crippen LogP contribution < -0.4 is 10.6 Å². The Morgan fingerprint density at radius 2 is 1.62 bits per heavy atom. The molecule has 4 aromatic rings. The number of anilines is 2. The summed E-state index contributed by atoms with van der Waals surface area (Å²) in [7, 11) is 2.03. The first kappa shape index (κ1) is 27.1. The second-order valence-electron chi connectivity index (χ2n) is 9.10. The third-order valence-corrected chi connectivity index (χ3v) is 8.69. The third kappa shape index (κ3) is 6.77. The molecule has 39 heavy (non-hydrogen) atoms. The number of benzene rings is 3. The predicted octanol–water partition coefficient (Wildman–Crippen LogP) is 5.32. The number of aromatic nitrogens is 1. The Bertz CT molecular complexity index is 1520. The summed E-state index contributed by atoms with van der Waals surface area (Å²) in [5.74, 6) is -0.400. The number of amides is 3. The number of thiazole rings is 1. The van der Waals surface area contributed by atoms with Gasteiger partial charge >= 0.3 is 0 Å². The summed E-state index contributed by atoms with van der Waals surface area (Å²) in [6.07, 6.45) is 0. The van der Waals surface area contributed by atoms with Crippen molar-refractivity contribution in [1.82, 2.24) is 14.8 Å². The standard InChI is InChI=1S/C28H26ClN5O3S2/c1-33-12-14-34(15-13-33)27(37)22-5-3-2-4-21(22)26(36)31-20-10-11-23-24(16-20)39-28(32-23)38-17-25(35)30-19-8-6-18(29)7-9-19/h2-11,16H,12-15,17H2,1H3,(H,30,35)(H,31,36). The average Bonchev–Trinajstić information content (AvgIpc) is 3.35. The Morgan fingerprint density at radius 3 is 2.36 bits per heavy atom. The summed E-state index contributed by atoms with van der Waals surface area (Å²) in [4.78, 5) is 47.3. The van der Waals surface area contributed by atoms with Crippen LogP contribution in [0.4, 0.5) is 11.4 Å². The molecule has 2 N–H and O–H groups in total. The number of thioether (sulfide) groups is 1. The molecule has 0 unspecified atom stereocenters. The van der Waals surface area contributed by atoms with Crippen LogP contribution in [-0.2, 0) is 4.79 Å². The van der Waals surface area contributed by atoms with Gasteiger partial charge in [-0.2, -0.15) is 0 Å². The van der Waals surface area contributed by atoms with E-state index in [-0.39, 0.29) is 23.5 Å². The van der Waals surface area contributed by atoms with Gasteiger partial charge in [-0.05, 0) is 61.6 Å². The molecule has 0 bridgehead atoms. The fourth-order valence-corrected chi connectivity index (χ4v) is 6.18. The normalized spacial score (nSPS) is 13.8. The lowest BCUT2D eigenvalue weighted by Crippen LogP contribution is -2.47. The molecule has 2 heterocycles. The molecular weight excluding hydrogens is 554 g/mol. The molecule has 200 valence electrons. The summed E-state index contributed by atoms with van der Waals surface area (Å²) in [5, 5.41) is 6.37. The molecule has 5 rings (SSSR count). The van der Waals surface area contributed by atoms with E-state index in [2.05, 4.69) is 20.5 Å². The molecule has 8 nitrogen and oxygen atoms in total. The number of nitrogens with one attached hydrogen (secondary N) is 2. The van der Waals surface area contributed by atoms with Crippen molar-refractivity contribution in [3.63, 3.8) is 0 Å². The fraction of sp³-hybridized carbons (Fsp3) is 0.214. The number of halogens is 1. The summed E-state index contributed by atoms with van der Waals surface area (Å²) in [6, 6.07) is 19.3. The molecule has 1 fully saturated rings. The van der Waals surface area contributed by atoms with Crippen LogP contribution in [0.3, 0.4) is 0 Å². The maximum Gasteiger partial charge on any atom is 0.256 e. The lowest BCUT2D eigenvalue weighted by Gasteiger charge is -2.32. The van der Waals surface area contributed by atoms with Crippen LogP contribution in [0.1, 0.15) is 20.7 Å². The van der Waals surface area contributed by atoms with Crippen molar-refractivity contribution in [3.8, 4) is 0 Å². The molecule has 3 aromatic carbocycles. The van der Waals surface area contributed by atoms with Crippen LogP contribution in [0, 0.1) is 0 Å². The maximum absolute atomic E-state index is 13.2. The first-order chi connectivity index (χ1) is 18.9. The quantitative estimate of drug-likeness (QED) is 0.288. The van der Waals surface area contributed by atoms with E-state index >= 15 is 0 Å². The zero-order valence-electron chi connectivity index (χ0n) is 21.1. The Balaban J connectivity index is 1.23. The van der Waals surface area contributed by atoms with E-state index in [0.29, 0.717) is 40.6 Å². The molecule has 0 spiro atoms. The Morgan fingerprint density at radius 1 is 0.923 bits per heavy atom. The van der Waals surface area contributed by atoms with Crippen LogP contribution in [0.5, 0.6) is 0 Å². The number of nitrogens with zero attached hydrogens (tertiary/aromatic N) is 3. The van der Waals surface area contributed by atoms with E-state index in [0.717, 1.165) is 27.6 Å². The van der Waals surface area contributed by atoms with Gasteiger partial charge in [0.2, 0.25) is 5.91 Å². The van der Waals surface area contributed by atoms with Gasteiger partial charge in [0.15, 0.2) is 4.34 Å². The van der Waals surface area contributed by atoms with Crippen LogP contribution in [0.25, 0.3) is 10.2 Å². The summed E-state index contributed by atoms with van der Waals surface area (Å²) < 4.78 is 1.64. The maximum atomic E-state index is 13.2. The van der Waals surface area contributed by atoms with Crippen molar-refractivity contribution >= 4 is 74.0 Å². The van der Waals surface area contributed by atoms with E-state index in [9.17, 15) is 14.4 Å². The topological polar surface area (TPSA) is 94.6 Å². The van der Waals surface area contributed by atoms with Gasteiger partial charge in [0.1, 0.15) is 0 Å². The van der Waals surface area contributed by atoms with Crippen molar-refractivity contribution in [2.75, 3.05) is 49.6 Å². The van der Waals surface area contributed by atoms with Gasteiger partial charge in [-0.3, -0.25) is 14.4 Å². The summed E-state index contributed by atoms with van der Waals surface area (Å²) >= 11 is 8.69. The largest absolute Gasteiger partial charge is 0.336 e. The molecule has 1 aromatic heterocycles. The number of carbonyl (C=O) groups is 3. The third-order valence-electron chi connectivity index (χ3n) is 6.27. The SMILES string of the molecule is CN1CCN(C(=O)c2ccccc2C(=O)Nc2ccc3nc(SCC(=O)Nc4ccc(Cl)cc4)sc3c2)CC1. The van der Waals surface area contributed by atoms with Crippen LogP contribution in [0.15, 0.2) is 71.1 Å². The molecule has 3 amide bonds. The first-order valence-electron chi connectivity index (χ1n) is 12.3. The number of hydrogen-bond donors (Lipinski definition) is 2. The van der Waals surface area contributed by atoms with E-state index in [1.165, 1.54) is 23.1 Å². The number of rotatable bonds is 7. The Hall–Kier alpha value is -3.44. The van der Waals surface area contributed by atoms with Gasteiger partial charge in [0.05, 0.1) is 27.1 Å². The highest BCUT2D eigenvalue weighted by Crippen LogP contribution is 2.31. The van der Waals surface area contributed by atoms with Crippen molar-refractivity contribution in [2.24, 2.45) is 0 Å². The smallest absolute Gasteiger partial charge is 0.256 e. The number of hydrogen-bond acceptors (Lipinski definition) is 7. The van der Waals surface area contributed by atoms with E-state index in [4.69, 9.17) is 11.6 Å². The van der Waals surface area contributed by atoms with Gasteiger partial charge in [-0.1, -0.05) is 35.5 Å². The number of likely N-dealkylation sites (N-methyl/N-ethyl adjacent to an activating group) is 1. The number of piperazine rings is 1. The van der Waals surface area contributed by atoms with E-state index in [1.807, 2.05) is 19.2 Å². The molecule has 0 aliphatic carbocycles. The molecular formula is C28H26ClN5O3S2. The first-order valence-corrected chi connectivity index (χ1v) is 14.5. The molecule has 1 aliphatic heterocycles. The molecule has 1 saturated heterocycles. The molecule has 11 heteroatoms.